The first-order valence-corrected chi connectivity index (χ1v) is 4.78. The van der Waals surface area contributed by atoms with Crippen LogP contribution in [0.5, 0.6) is 0 Å². The molecular weight excluding hydrogens is 160 g/mol. The Kier molecular flexibility index (Phi) is 2.91. The van der Waals surface area contributed by atoms with Crippen molar-refractivity contribution in [1.29, 1.82) is 0 Å². The number of rotatable bonds is 4. The lowest BCUT2D eigenvalue weighted by Gasteiger charge is -2.23. The van der Waals surface area contributed by atoms with Crippen molar-refractivity contribution in [2.75, 3.05) is 0 Å². The van der Waals surface area contributed by atoms with E-state index in [1.54, 1.807) is 0 Å². The monoisotopic (exact) mass is 178 g/mol. The maximum atomic E-state index is 4.05. The van der Waals surface area contributed by atoms with Gasteiger partial charge in [0.25, 0.3) is 0 Å². The Labute approximate surface area is 80.1 Å². The van der Waals surface area contributed by atoms with E-state index in [-0.39, 0.29) is 5.41 Å². The highest BCUT2D eigenvalue weighted by Gasteiger charge is 2.22. The molecule has 0 aliphatic heterocycles. The van der Waals surface area contributed by atoms with Crippen LogP contribution in [0, 0.1) is 0 Å². The average molecular weight is 178 g/mol. The van der Waals surface area contributed by atoms with E-state index in [0.717, 1.165) is 5.69 Å². The minimum Gasteiger partial charge on any atom is -0.278 e. The number of hydrogen-bond acceptors (Lipinski definition) is 1. The van der Waals surface area contributed by atoms with Gasteiger partial charge in [-0.2, -0.15) is 5.10 Å². The van der Waals surface area contributed by atoms with Crippen LogP contribution in [0.25, 0.3) is 6.08 Å². The first kappa shape index (κ1) is 10.0. The van der Waals surface area contributed by atoms with Crippen LogP contribution < -0.4 is 0 Å². The molecule has 1 rings (SSSR count). The lowest BCUT2D eigenvalue weighted by atomic mass is 9.81. The van der Waals surface area contributed by atoms with Gasteiger partial charge in [0.05, 0.1) is 11.9 Å². The summed E-state index contributed by atoms with van der Waals surface area (Å²) in [6, 6.07) is 0. The highest BCUT2D eigenvalue weighted by atomic mass is 15.1. The van der Waals surface area contributed by atoms with Crippen LogP contribution in [-0.2, 0) is 5.41 Å². The Morgan fingerprint density at radius 1 is 1.62 bits per heavy atom. The van der Waals surface area contributed by atoms with Crippen LogP contribution in [0.4, 0.5) is 0 Å². The van der Waals surface area contributed by atoms with Crippen molar-refractivity contribution in [3.63, 3.8) is 0 Å². The summed E-state index contributed by atoms with van der Waals surface area (Å²) in [6.07, 6.45) is 6.11. The third-order valence-corrected chi connectivity index (χ3v) is 2.48. The van der Waals surface area contributed by atoms with Crippen LogP contribution >= 0.6 is 0 Å². The molecule has 72 valence electrons. The predicted octanol–water partition coefficient (Wildman–Crippen LogP) is 3.13. The molecule has 2 heteroatoms. The van der Waals surface area contributed by atoms with E-state index in [2.05, 4.69) is 37.5 Å². The molecule has 0 saturated heterocycles. The number of aromatic nitrogens is 2. The molecule has 0 aromatic carbocycles. The van der Waals surface area contributed by atoms with Gasteiger partial charge in [-0.1, -0.05) is 33.8 Å². The Morgan fingerprint density at radius 2 is 2.31 bits per heavy atom. The summed E-state index contributed by atoms with van der Waals surface area (Å²) in [4.78, 5) is 0. The van der Waals surface area contributed by atoms with Crippen molar-refractivity contribution in [3.05, 3.63) is 24.0 Å². The van der Waals surface area contributed by atoms with Crippen molar-refractivity contribution in [1.82, 2.24) is 10.2 Å². The zero-order chi connectivity index (χ0) is 9.90. The maximum Gasteiger partial charge on any atom is 0.0609 e. The molecule has 0 radical (unpaired) electrons. The topological polar surface area (TPSA) is 28.7 Å². The van der Waals surface area contributed by atoms with Gasteiger partial charge < -0.3 is 0 Å². The summed E-state index contributed by atoms with van der Waals surface area (Å²) in [5, 5.41) is 7.00. The molecule has 13 heavy (non-hydrogen) atoms. The van der Waals surface area contributed by atoms with Gasteiger partial charge in [0.1, 0.15) is 0 Å². The smallest absolute Gasteiger partial charge is 0.0609 e. The van der Waals surface area contributed by atoms with E-state index in [9.17, 15) is 0 Å². The van der Waals surface area contributed by atoms with E-state index in [0.29, 0.717) is 0 Å². The van der Waals surface area contributed by atoms with Crippen LogP contribution in [0.15, 0.2) is 12.8 Å². The minimum atomic E-state index is 0.200. The normalized spacial score (nSPS) is 11.6. The molecule has 2 nitrogen and oxygen atoms in total. The molecule has 0 saturated carbocycles. The van der Waals surface area contributed by atoms with Gasteiger partial charge in [-0.3, -0.25) is 5.10 Å². The molecule has 0 bridgehead atoms. The van der Waals surface area contributed by atoms with E-state index in [4.69, 9.17) is 0 Å². The Hall–Kier alpha value is -1.05. The number of hydrogen-bond donors (Lipinski definition) is 1. The zero-order valence-corrected chi connectivity index (χ0v) is 8.72. The largest absolute Gasteiger partial charge is 0.278 e. The van der Waals surface area contributed by atoms with E-state index >= 15 is 0 Å². The quantitative estimate of drug-likeness (QED) is 0.754. The molecule has 1 heterocycles. The van der Waals surface area contributed by atoms with E-state index in [1.807, 2.05) is 12.3 Å². The summed E-state index contributed by atoms with van der Waals surface area (Å²) in [5.74, 6) is 0. The molecule has 0 fully saturated rings. The van der Waals surface area contributed by atoms with Crippen molar-refractivity contribution in [2.45, 2.75) is 39.0 Å². The first-order chi connectivity index (χ1) is 6.11. The third-order valence-electron chi connectivity index (χ3n) is 2.48. The lowest BCUT2D eigenvalue weighted by Crippen LogP contribution is -2.16. The summed E-state index contributed by atoms with van der Waals surface area (Å²) >= 11 is 0. The standard InChI is InChI=1S/C11H18N2/c1-5-7-11(3,4)9-8-12-13-10(9)6-2/h6,8H,2,5,7H2,1,3-4H3,(H,12,13). The lowest BCUT2D eigenvalue weighted by molar-refractivity contribution is 0.472. The van der Waals surface area contributed by atoms with E-state index < -0.39 is 0 Å². The maximum absolute atomic E-state index is 4.05. The summed E-state index contributed by atoms with van der Waals surface area (Å²) < 4.78 is 0. The summed E-state index contributed by atoms with van der Waals surface area (Å²) in [7, 11) is 0. The third kappa shape index (κ3) is 2.00. The molecule has 1 aromatic rings. The van der Waals surface area contributed by atoms with Crippen LogP contribution in [0.2, 0.25) is 0 Å². The van der Waals surface area contributed by atoms with Crippen molar-refractivity contribution in [3.8, 4) is 0 Å². The van der Waals surface area contributed by atoms with Crippen LogP contribution in [0.3, 0.4) is 0 Å². The second-order valence-electron chi connectivity index (χ2n) is 4.04. The van der Waals surface area contributed by atoms with Crippen molar-refractivity contribution < 1.29 is 0 Å². The SMILES string of the molecule is C=Cc1[nH]ncc1C(C)(C)CCC. The molecule has 0 spiro atoms. The van der Waals surface area contributed by atoms with Crippen molar-refractivity contribution >= 4 is 6.08 Å². The molecule has 1 N–H and O–H groups in total. The summed E-state index contributed by atoms with van der Waals surface area (Å²) in [6.45, 7) is 10.5. The number of aromatic amines is 1. The van der Waals surface area contributed by atoms with Gasteiger partial charge in [-0.05, 0) is 17.9 Å². The molecule has 1 aromatic heterocycles. The fourth-order valence-corrected chi connectivity index (χ4v) is 1.75. The number of H-pyrrole nitrogens is 1. The molecule has 0 aliphatic carbocycles. The second-order valence-corrected chi connectivity index (χ2v) is 4.04. The average Bonchev–Trinajstić information content (AvgIpc) is 2.51. The van der Waals surface area contributed by atoms with Gasteiger partial charge in [-0.25, -0.2) is 0 Å². The number of nitrogens with zero attached hydrogens (tertiary/aromatic N) is 1. The second kappa shape index (κ2) is 3.77. The van der Waals surface area contributed by atoms with Crippen LogP contribution in [0.1, 0.15) is 44.9 Å². The van der Waals surface area contributed by atoms with E-state index in [1.165, 1.54) is 18.4 Å². The first-order valence-electron chi connectivity index (χ1n) is 4.78. The van der Waals surface area contributed by atoms with Crippen molar-refractivity contribution in [2.24, 2.45) is 0 Å². The van der Waals surface area contributed by atoms with Gasteiger partial charge >= 0.3 is 0 Å². The Balaban J connectivity index is 2.98. The molecular formula is C11H18N2. The fraction of sp³-hybridized carbons (Fsp3) is 0.545. The Morgan fingerprint density at radius 3 is 2.85 bits per heavy atom. The molecule has 0 amide bonds. The van der Waals surface area contributed by atoms with Crippen LogP contribution in [-0.4, -0.2) is 10.2 Å². The van der Waals surface area contributed by atoms with Gasteiger partial charge in [-0.15, -0.1) is 0 Å². The van der Waals surface area contributed by atoms with Gasteiger partial charge in [0.2, 0.25) is 0 Å². The zero-order valence-electron chi connectivity index (χ0n) is 8.72. The summed E-state index contributed by atoms with van der Waals surface area (Å²) in [5.41, 5.74) is 2.52. The fourth-order valence-electron chi connectivity index (χ4n) is 1.75. The van der Waals surface area contributed by atoms with Gasteiger partial charge in [0, 0.05) is 5.56 Å². The highest BCUT2D eigenvalue weighted by Crippen LogP contribution is 2.30. The van der Waals surface area contributed by atoms with Gasteiger partial charge in [0.15, 0.2) is 0 Å². The molecule has 0 aliphatic rings. The molecule has 0 atom stereocenters. The Bertz CT molecular complexity index is 284. The highest BCUT2D eigenvalue weighted by molar-refractivity contribution is 5.48. The molecule has 0 unspecified atom stereocenters. The number of nitrogens with one attached hydrogen (secondary N) is 1. The predicted molar refractivity (Wildman–Crippen MR) is 56.6 cm³/mol. The minimum absolute atomic E-state index is 0.200.